The highest BCUT2D eigenvalue weighted by atomic mass is 16.7. The summed E-state index contributed by atoms with van der Waals surface area (Å²) in [7, 11) is 0. The van der Waals surface area contributed by atoms with Crippen LogP contribution in [0.15, 0.2) is 11.1 Å². The molecule has 30 heavy (non-hydrogen) atoms. The summed E-state index contributed by atoms with van der Waals surface area (Å²) < 4.78 is 18.8. The standard InChI is InChI=1S/C16H21N5O9/c17-14-19-12-6(13(27)20-14)18-4-21(12)16(10-8(25)7(24)5(1-22)29-10)11-9(26)15(2-23,30-16)3-28-11/h4-5,7-11,22-26H,1-3H2,(H3,17,19,20,27)/t5-,7-,8-,9-,10+,11+,15-,16+/m0/s1. The molecular formula is C16H21N5O9. The van der Waals surface area contributed by atoms with Gasteiger partial charge in [-0.3, -0.25) is 14.3 Å². The van der Waals surface area contributed by atoms with Crippen molar-refractivity contribution in [2.45, 2.75) is 47.9 Å². The molecule has 14 nitrogen and oxygen atoms in total. The number of aromatic nitrogens is 4. The Hall–Kier alpha value is -2.17. The zero-order valence-electron chi connectivity index (χ0n) is 15.5. The highest BCUT2D eigenvalue weighted by Gasteiger charge is 2.74. The van der Waals surface area contributed by atoms with Gasteiger partial charge in [-0.25, -0.2) is 4.98 Å². The summed E-state index contributed by atoms with van der Waals surface area (Å²) in [6.07, 6.45) is -6.96. The molecule has 8 N–H and O–H groups in total. The molecule has 5 heterocycles. The lowest BCUT2D eigenvalue weighted by Crippen LogP contribution is -2.60. The molecule has 3 saturated heterocycles. The van der Waals surface area contributed by atoms with Gasteiger partial charge in [-0.1, -0.05) is 0 Å². The van der Waals surface area contributed by atoms with E-state index in [4.69, 9.17) is 19.9 Å². The SMILES string of the molecule is Nc1nc2c(ncn2[C@]2([C@@H]3O[C@@H](CO)[C@H](O)[C@@H]3O)O[C@@]3(CO)CO[C@@H]2[C@@H]3O)c(=O)[nH]1. The van der Waals surface area contributed by atoms with Gasteiger partial charge in [-0.15, -0.1) is 0 Å². The molecule has 164 valence electrons. The number of nitrogens with two attached hydrogens (primary N) is 1. The van der Waals surface area contributed by atoms with Crippen LogP contribution in [0.3, 0.4) is 0 Å². The molecule has 3 fully saturated rings. The Labute approximate surface area is 167 Å². The van der Waals surface area contributed by atoms with E-state index in [1.807, 2.05) is 0 Å². The average molecular weight is 427 g/mol. The number of hydrogen-bond acceptors (Lipinski definition) is 12. The Morgan fingerprint density at radius 3 is 2.67 bits per heavy atom. The molecule has 2 aromatic rings. The molecule has 0 aliphatic carbocycles. The number of aliphatic hydroxyl groups is 5. The number of hydrogen-bond donors (Lipinski definition) is 7. The highest BCUT2D eigenvalue weighted by molar-refractivity contribution is 5.71. The Morgan fingerprint density at radius 1 is 1.27 bits per heavy atom. The van der Waals surface area contributed by atoms with E-state index >= 15 is 0 Å². The molecule has 2 bridgehead atoms. The maximum atomic E-state index is 12.2. The molecule has 0 unspecified atom stereocenters. The van der Waals surface area contributed by atoms with Gasteiger partial charge in [-0.2, -0.15) is 4.98 Å². The fraction of sp³-hybridized carbons (Fsp3) is 0.688. The van der Waals surface area contributed by atoms with Crippen molar-refractivity contribution in [3.05, 3.63) is 16.7 Å². The third kappa shape index (κ3) is 2.27. The van der Waals surface area contributed by atoms with Crippen molar-refractivity contribution in [1.82, 2.24) is 19.5 Å². The number of nitrogens with zero attached hydrogens (tertiary/aromatic N) is 3. The zero-order valence-corrected chi connectivity index (χ0v) is 15.5. The Balaban J connectivity index is 1.75. The van der Waals surface area contributed by atoms with E-state index < -0.39 is 66.7 Å². The number of fused-ring (bicyclic) bond motifs is 3. The number of nitrogens with one attached hydrogen (secondary N) is 1. The number of nitrogen functional groups attached to an aromatic ring is 1. The maximum absolute atomic E-state index is 12.2. The maximum Gasteiger partial charge on any atom is 0.280 e. The van der Waals surface area contributed by atoms with Crippen LogP contribution in [0.1, 0.15) is 0 Å². The van der Waals surface area contributed by atoms with Gasteiger partial charge < -0.3 is 45.5 Å². The predicted octanol–water partition coefficient (Wildman–Crippen LogP) is -4.64. The number of ether oxygens (including phenoxy) is 3. The van der Waals surface area contributed by atoms with E-state index in [0.29, 0.717) is 0 Å². The van der Waals surface area contributed by atoms with Crippen LogP contribution in [0.2, 0.25) is 0 Å². The topological polar surface area (TPSA) is 218 Å². The summed E-state index contributed by atoms with van der Waals surface area (Å²) in [4.78, 5) is 22.7. The van der Waals surface area contributed by atoms with Crippen molar-refractivity contribution in [2.24, 2.45) is 0 Å². The van der Waals surface area contributed by atoms with E-state index in [-0.39, 0.29) is 23.7 Å². The summed E-state index contributed by atoms with van der Waals surface area (Å²) in [5.41, 5.74) is 1.44. The van der Waals surface area contributed by atoms with Gasteiger partial charge in [0.1, 0.15) is 42.2 Å². The summed E-state index contributed by atoms with van der Waals surface area (Å²) in [6, 6.07) is 0. The van der Waals surface area contributed by atoms with Crippen molar-refractivity contribution in [3.8, 4) is 0 Å². The Bertz CT molecular complexity index is 1040. The predicted molar refractivity (Wildman–Crippen MR) is 94.9 cm³/mol. The zero-order chi connectivity index (χ0) is 21.4. The Kier molecular flexibility index (Phi) is 4.23. The van der Waals surface area contributed by atoms with Gasteiger partial charge in [0.25, 0.3) is 5.56 Å². The summed E-state index contributed by atoms with van der Waals surface area (Å²) in [5.74, 6) is -0.216. The molecule has 0 aromatic carbocycles. The van der Waals surface area contributed by atoms with Crippen molar-refractivity contribution >= 4 is 17.1 Å². The van der Waals surface area contributed by atoms with Crippen molar-refractivity contribution < 1.29 is 39.7 Å². The van der Waals surface area contributed by atoms with Gasteiger partial charge in [0.2, 0.25) is 11.7 Å². The lowest BCUT2D eigenvalue weighted by molar-refractivity contribution is -0.297. The third-order valence-corrected chi connectivity index (χ3v) is 6.13. The first kappa shape index (κ1) is 19.8. The van der Waals surface area contributed by atoms with Crippen LogP contribution in [0.5, 0.6) is 0 Å². The first-order chi connectivity index (χ1) is 14.3. The fourth-order valence-corrected chi connectivity index (χ4v) is 4.64. The largest absolute Gasteiger partial charge is 0.394 e. The minimum atomic E-state index is -1.90. The molecule has 0 saturated carbocycles. The molecular weight excluding hydrogens is 406 g/mol. The second kappa shape index (κ2) is 6.41. The number of H-pyrrole nitrogens is 1. The van der Waals surface area contributed by atoms with Crippen molar-refractivity contribution in [2.75, 3.05) is 25.6 Å². The lowest BCUT2D eigenvalue weighted by atomic mass is 9.91. The molecule has 0 spiro atoms. The number of aliphatic hydroxyl groups excluding tert-OH is 5. The van der Waals surface area contributed by atoms with Crippen LogP contribution < -0.4 is 11.3 Å². The first-order valence-electron chi connectivity index (χ1n) is 9.25. The smallest absolute Gasteiger partial charge is 0.280 e. The van der Waals surface area contributed by atoms with Gasteiger partial charge in [0.15, 0.2) is 11.2 Å². The number of aromatic amines is 1. The van der Waals surface area contributed by atoms with E-state index in [1.54, 1.807) is 0 Å². The molecule has 0 radical (unpaired) electrons. The molecule has 8 atom stereocenters. The van der Waals surface area contributed by atoms with E-state index in [9.17, 15) is 30.3 Å². The van der Waals surface area contributed by atoms with Crippen LogP contribution in [-0.2, 0) is 19.9 Å². The molecule has 3 aliphatic rings. The monoisotopic (exact) mass is 427 g/mol. The minimum Gasteiger partial charge on any atom is -0.394 e. The molecule has 3 aliphatic heterocycles. The van der Waals surface area contributed by atoms with E-state index in [2.05, 4.69) is 15.0 Å². The normalized spacial score (nSPS) is 43.1. The summed E-state index contributed by atoms with van der Waals surface area (Å²) in [5, 5.41) is 51.3. The highest BCUT2D eigenvalue weighted by Crippen LogP contribution is 2.53. The van der Waals surface area contributed by atoms with Crippen LogP contribution in [0.25, 0.3) is 11.2 Å². The van der Waals surface area contributed by atoms with Crippen molar-refractivity contribution in [1.29, 1.82) is 0 Å². The molecule has 5 rings (SSSR count). The Morgan fingerprint density at radius 2 is 2.03 bits per heavy atom. The van der Waals surface area contributed by atoms with Crippen LogP contribution in [0, 0.1) is 0 Å². The fourth-order valence-electron chi connectivity index (χ4n) is 4.64. The van der Waals surface area contributed by atoms with Gasteiger partial charge in [-0.05, 0) is 0 Å². The van der Waals surface area contributed by atoms with E-state index in [1.165, 1.54) is 10.9 Å². The average Bonchev–Trinajstić information content (AvgIpc) is 3.43. The van der Waals surface area contributed by atoms with Gasteiger partial charge in [0, 0.05) is 0 Å². The molecule has 0 amide bonds. The lowest BCUT2D eigenvalue weighted by Gasteiger charge is -2.44. The first-order valence-corrected chi connectivity index (χ1v) is 9.25. The second-order valence-electron chi connectivity index (χ2n) is 7.75. The summed E-state index contributed by atoms with van der Waals surface area (Å²) in [6.45, 7) is -1.36. The molecule has 2 aromatic heterocycles. The van der Waals surface area contributed by atoms with Crippen LogP contribution >= 0.6 is 0 Å². The van der Waals surface area contributed by atoms with Gasteiger partial charge in [0.05, 0.1) is 26.1 Å². The molecule has 14 heteroatoms. The number of anilines is 1. The summed E-state index contributed by atoms with van der Waals surface area (Å²) >= 11 is 0. The van der Waals surface area contributed by atoms with Gasteiger partial charge >= 0.3 is 0 Å². The van der Waals surface area contributed by atoms with Crippen LogP contribution in [-0.4, -0.2) is 107 Å². The number of imidazole rings is 1. The van der Waals surface area contributed by atoms with Crippen molar-refractivity contribution in [3.63, 3.8) is 0 Å². The minimum absolute atomic E-state index is 0.0505. The van der Waals surface area contributed by atoms with Crippen LogP contribution in [0.4, 0.5) is 5.95 Å². The second-order valence-corrected chi connectivity index (χ2v) is 7.75. The number of rotatable bonds is 4. The third-order valence-electron chi connectivity index (χ3n) is 6.13. The van der Waals surface area contributed by atoms with E-state index in [0.717, 1.165) is 0 Å². The quantitative estimate of drug-likeness (QED) is 0.245.